The van der Waals surface area contributed by atoms with E-state index < -0.39 is 9.92 Å². The van der Waals surface area contributed by atoms with Crippen LogP contribution in [0.1, 0.15) is 32.6 Å². The predicted octanol–water partition coefficient (Wildman–Crippen LogP) is 2.58. The van der Waals surface area contributed by atoms with Gasteiger partial charge in [-0.05, 0) is 37.7 Å². The largest absolute Gasteiger partial charge is 0.356 e. The Morgan fingerprint density at radius 2 is 2.12 bits per heavy atom. The SMILES string of the molecule is CCNS(=O)(CC1CCC(N(C)c2ncnc3[nH]ccc23)CC1)=NC. The van der Waals surface area contributed by atoms with Crippen LogP contribution in [0.25, 0.3) is 11.0 Å². The predicted molar refractivity (Wildman–Crippen MR) is 103 cm³/mol. The molecule has 1 aliphatic rings. The highest BCUT2D eigenvalue weighted by atomic mass is 32.2. The van der Waals surface area contributed by atoms with Crippen LogP contribution in [0.3, 0.4) is 0 Å². The maximum absolute atomic E-state index is 12.7. The number of anilines is 1. The number of aromatic amines is 1. The molecule has 0 saturated heterocycles. The van der Waals surface area contributed by atoms with E-state index in [0.717, 1.165) is 42.5 Å². The van der Waals surface area contributed by atoms with Crippen molar-refractivity contribution in [2.45, 2.75) is 38.6 Å². The first-order chi connectivity index (χ1) is 12.1. The molecule has 2 N–H and O–H groups in total. The van der Waals surface area contributed by atoms with E-state index in [2.05, 4.69) is 36.0 Å². The van der Waals surface area contributed by atoms with Gasteiger partial charge < -0.3 is 9.88 Å². The monoisotopic (exact) mass is 364 g/mol. The lowest BCUT2D eigenvalue weighted by atomic mass is 9.86. The topological polar surface area (TPSA) is 86.3 Å². The van der Waals surface area contributed by atoms with E-state index >= 15 is 0 Å². The normalized spacial score (nSPS) is 23.3. The standard InChI is InChI=1S/C17H28N6OS/c1-4-22-25(24,18-2)11-13-5-7-14(8-6-13)23(3)17-15-9-10-19-16(15)20-12-21-17/h9-10,12-14H,4-8,11H2,1-3H3,(H,18,22,24)(H,19,20,21). The van der Waals surface area contributed by atoms with Crippen LogP contribution in [-0.2, 0) is 9.92 Å². The fourth-order valence-electron chi connectivity index (χ4n) is 3.75. The Balaban J connectivity index is 1.64. The summed E-state index contributed by atoms with van der Waals surface area (Å²) in [6.45, 7) is 2.66. The van der Waals surface area contributed by atoms with Crippen LogP contribution >= 0.6 is 0 Å². The van der Waals surface area contributed by atoms with Gasteiger partial charge in [0.2, 0.25) is 0 Å². The van der Waals surface area contributed by atoms with E-state index in [0.29, 0.717) is 24.3 Å². The van der Waals surface area contributed by atoms with Crippen molar-refractivity contribution < 1.29 is 4.21 Å². The summed E-state index contributed by atoms with van der Waals surface area (Å²) < 4.78 is 19.9. The summed E-state index contributed by atoms with van der Waals surface area (Å²) in [4.78, 5) is 14.2. The molecule has 0 aliphatic heterocycles. The Labute approximate surface area is 149 Å². The Morgan fingerprint density at radius 1 is 1.36 bits per heavy atom. The van der Waals surface area contributed by atoms with E-state index in [9.17, 15) is 4.21 Å². The van der Waals surface area contributed by atoms with E-state index in [1.165, 1.54) is 0 Å². The second-order valence-electron chi connectivity index (χ2n) is 6.71. The second-order valence-corrected chi connectivity index (χ2v) is 8.98. The molecular formula is C17H28N6OS. The molecular weight excluding hydrogens is 336 g/mol. The highest BCUT2D eigenvalue weighted by Crippen LogP contribution is 2.32. The third kappa shape index (κ3) is 3.95. The number of hydrogen-bond donors (Lipinski definition) is 2. The third-order valence-electron chi connectivity index (χ3n) is 5.16. The lowest BCUT2D eigenvalue weighted by molar-refractivity contribution is 0.342. The van der Waals surface area contributed by atoms with Gasteiger partial charge in [-0.15, -0.1) is 0 Å². The Morgan fingerprint density at radius 3 is 2.80 bits per heavy atom. The van der Waals surface area contributed by atoms with Crippen molar-refractivity contribution in [1.29, 1.82) is 0 Å². The van der Waals surface area contributed by atoms with Crippen LogP contribution in [0.4, 0.5) is 5.82 Å². The van der Waals surface area contributed by atoms with Gasteiger partial charge in [0.15, 0.2) is 0 Å². The quantitative estimate of drug-likeness (QED) is 0.825. The van der Waals surface area contributed by atoms with Crippen LogP contribution in [0, 0.1) is 5.92 Å². The van der Waals surface area contributed by atoms with Crippen molar-refractivity contribution in [2.75, 3.05) is 31.3 Å². The van der Waals surface area contributed by atoms with Gasteiger partial charge in [-0.25, -0.2) is 23.3 Å². The Bertz CT molecular complexity index is 817. The van der Waals surface area contributed by atoms with Crippen LogP contribution in [0.2, 0.25) is 0 Å². The van der Waals surface area contributed by atoms with Crippen molar-refractivity contribution in [1.82, 2.24) is 19.7 Å². The molecule has 0 radical (unpaired) electrons. The maximum Gasteiger partial charge on any atom is 0.142 e. The molecule has 2 aromatic rings. The zero-order chi connectivity index (χ0) is 17.9. The second kappa shape index (κ2) is 7.70. The molecule has 0 amide bonds. The number of aromatic nitrogens is 3. The van der Waals surface area contributed by atoms with Gasteiger partial charge in [0.25, 0.3) is 0 Å². The molecule has 138 valence electrons. The number of hydrogen-bond acceptors (Lipinski definition) is 5. The number of H-pyrrole nitrogens is 1. The molecule has 1 saturated carbocycles. The van der Waals surface area contributed by atoms with Crippen LogP contribution in [0.15, 0.2) is 23.0 Å². The Hall–Kier alpha value is -1.67. The van der Waals surface area contributed by atoms with Crippen molar-refractivity contribution in [3.05, 3.63) is 18.6 Å². The van der Waals surface area contributed by atoms with E-state index in [1.54, 1.807) is 13.4 Å². The third-order valence-corrected chi connectivity index (χ3v) is 7.41. The van der Waals surface area contributed by atoms with Gasteiger partial charge in [-0.2, -0.15) is 0 Å². The minimum atomic E-state index is -2.25. The molecule has 1 fully saturated rings. The van der Waals surface area contributed by atoms with Gasteiger partial charge in [0.1, 0.15) is 27.7 Å². The maximum atomic E-state index is 12.7. The molecule has 2 aromatic heterocycles. The van der Waals surface area contributed by atoms with Crippen molar-refractivity contribution in [2.24, 2.45) is 10.3 Å². The van der Waals surface area contributed by atoms with Crippen LogP contribution in [-0.4, -0.2) is 51.6 Å². The van der Waals surface area contributed by atoms with Crippen molar-refractivity contribution in [3.8, 4) is 0 Å². The van der Waals surface area contributed by atoms with Crippen LogP contribution in [0.5, 0.6) is 0 Å². The smallest absolute Gasteiger partial charge is 0.142 e. The first-order valence-corrected chi connectivity index (χ1v) is 10.6. The fraction of sp³-hybridized carbons (Fsp3) is 0.647. The van der Waals surface area contributed by atoms with Crippen LogP contribution < -0.4 is 9.62 Å². The first-order valence-electron chi connectivity index (χ1n) is 8.94. The van der Waals surface area contributed by atoms with Crippen molar-refractivity contribution >= 4 is 26.8 Å². The summed E-state index contributed by atoms with van der Waals surface area (Å²) in [5.41, 5.74) is 0.875. The average molecular weight is 365 g/mol. The van der Waals surface area contributed by atoms with E-state index in [1.807, 2.05) is 19.2 Å². The molecule has 1 atom stereocenters. The fourth-order valence-corrected chi connectivity index (χ4v) is 5.57. The lowest BCUT2D eigenvalue weighted by Crippen LogP contribution is -2.38. The molecule has 8 heteroatoms. The average Bonchev–Trinajstić information content (AvgIpc) is 3.10. The summed E-state index contributed by atoms with van der Waals surface area (Å²) in [6, 6.07) is 2.49. The van der Waals surface area contributed by atoms with E-state index in [4.69, 9.17) is 0 Å². The number of nitrogens with one attached hydrogen (secondary N) is 2. The molecule has 0 bridgehead atoms. The number of fused-ring (bicyclic) bond motifs is 1. The summed E-state index contributed by atoms with van der Waals surface area (Å²) in [5.74, 6) is 2.11. The summed E-state index contributed by atoms with van der Waals surface area (Å²) in [6.07, 6.45) is 7.84. The molecule has 7 nitrogen and oxygen atoms in total. The lowest BCUT2D eigenvalue weighted by Gasteiger charge is -2.35. The zero-order valence-corrected chi connectivity index (χ0v) is 16.1. The highest BCUT2D eigenvalue weighted by molar-refractivity contribution is 7.91. The number of rotatable bonds is 6. The first kappa shape index (κ1) is 18.1. The summed E-state index contributed by atoms with van der Waals surface area (Å²) in [5, 5.41) is 1.06. The molecule has 25 heavy (non-hydrogen) atoms. The highest BCUT2D eigenvalue weighted by Gasteiger charge is 2.27. The summed E-state index contributed by atoms with van der Waals surface area (Å²) in [7, 11) is 1.52. The van der Waals surface area contributed by atoms with Gasteiger partial charge in [0.05, 0.1) is 5.39 Å². The van der Waals surface area contributed by atoms with Gasteiger partial charge in [-0.1, -0.05) is 6.92 Å². The molecule has 1 aliphatic carbocycles. The number of nitrogens with zero attached hydrogens (tertiary/aromatic N) is 4. The molecule has 2 heterocycles. The van der Waals surface area contributed by atoms with Gasteiger partial charge in [0, 0.05) is 38.6 Å². The molecule has 1 unspecified atom stereocenters. The Kier molecular flexibility index (Phi) is 5.58. The summed E-state index contributed by atoms with van der Waals surface area (Å²) >= 11 is 0. The minimum Gasteiger partial charge on any atom is -0.356 e. The molecule has 0 aromatic carbocycles. The minimum absolute atomic E-state index is 0.456. The zero-order valence-electron chi connectivity index (χ0n) is 15.2. The molecule has 0 spiro atoms. The van der Waals surface area contributed by atoms with Gasteiger partial charge in [-0.3, -0.25) is 0 Å². The molecule has 3 rings (SSSR count). The van der Waals surface area contributed by atoms with Crippen molar-refractivity contribution in [3.63, 3.8) is 0 Å². The van der Waals surface area contributed by atoms with E-state index in [-0.39, 0.29) is 0 Å². The van der Waals surface area contributed by atoms with Gasteiger partial charge >= 0.3 is 0 Å².